The first kappa shape index (κ1) is 24.0. The first-order valence-electron chi connectivity index (χ1n) is 10.5. The summed E-state index contributed by atoms with van der Waals surface area (Å²) in [4.78, 5) is 22.9. The second-order valence-electron chi connectivity index (χ2n) is 8.65. The van der Waals surface area contributed by atoms with Gasteiger partial charge in [-0.05, 0) is 52.1 Å². The molecular formula is C21H28F3N5O3. The lowest BCUT2D eigenvalue weighted by Gasteiger charge is -2.40. The van der Waals surface area contributed by atoms with Crippen LogP contribution in [0.25, 0.3) is 0 Å². The molecule has 176 valence electrons. The van der Waals surface area contributed by atoms with Gasteiger partial charge in [0.25, 0.3) is 0 Å². The summed E-state index contributed by atoms with van der Waals surface area (Å²) in [5, 5.41) is 11.2. The van der Waals surface area contributed by atoms with Crippen LogP contribution in [-0.2, 0) is 11.3 Å². The van der Waals surface area contributed by atoms with Gasteiger partial charge in [0.1, 0.15) is 5.76 Å². The fraction of sp³-hybridized carbons (Fsp3) is 0.619. The summed E-state index contributed by atoms with van der Waals surface area (Å²) in [6.07, 6.45) is 2.53. The van der Waals surface area contributed by atoms with Crippen LogP contribution >= 0.6 is 0 Å². The van der Waals surface area contributed by atoms with Crippen molar-refractivity contribution in [3.05, 3.63) is 35.0 Å². The highest BCUT2D eigenvalue weighted by Crippen LogP contribution is 2.40. The van der Waals surface area contributed by atoms with Crippen molar-refractivity contribution in [2.45, 2.75) is 52.8 Å². The molecule has 1 atom stereocenters. The summed E-state index contributed by atoms with van der Waals surface area (Å²) >= 11 is 0. The van der Waals surface area contributed by atoms with Crippen LogP contribution in [0.15, 0.2) is 16.9 Å². The SMILES string of the molecule is Cc1cnc(N2CCC3(CCCN(Cc4c(C)noc4C)C3)C2)nc1.O=C(O)C(F)(F)F. The topological polar surface area (TPSA) is 95.6 Å². The van der Waals surface area contributed by atoms with Gasteiger partial charge in [0.05, 0.1) is 5.69 Å². The highest BCUT2D eigenvalue weighted by atomic mass is 19.4. The summed E-state index contributed by atoms with van der Waals surface area (Å²) in [7, 11) is 0. The van der Waals surface area contributed by atoms with Crippen LogP contribution in [0.5, 0.6) is 0 Å². The molecule has 1 N–H and O–H groups in total. The highest BCUT2D eigenvalue weighted by molar-refractivity contribution is 5.73. The number of aryl methyl sites for hydroxylation is 3. The Balaban J connectivity index is 0.000000360. The van der Waals surface area contributed by atoms with E-state index >= 15 is 0 Å². The van der Waals surface area contributed by atoms with E-state index in [0.29, 0.717) is 5.41 Å². The van der Waals surface area contributed by atoms with E-state index in [1.54, 1.807) is 0 Å². The molecule has 2 aromatic rings. The van der Waals surface area contributed by atoms with Gasteiger partial charge in [-0.2, -0.15) is 13.2 Å². The molecule has 32 heavy (non-hydrogen) atoms. The third-order valence-corrected chi connectivity index (χ3v) is 6.03. The number of halogens is 3. The zero-order chi connectivity index (χ0) is 23.5. The number of carboxylic acids is 1. The summed E-state index contributed by atoms with van der Waals surface area (Å²) < 4.78 is 37.1. The summed E-state index contributed by atoms with van der Waals surface area (Å²) in [5.74, 6) is -0.920. The molecule has 0 saturated carbocycles. The number of hydrogen-bond acceptors (Lipinski definition) is 7. The molecule has 0 aromatic carbocycles. The van der Waals surface area contributed by atoms with E-state index in [0.717, 1.165) is 55.7 Å². The van der Waals surface area contributed by atoms with Crippen LogP contribution < -0.4 is 4.90 Å². The van der Waals surface area contributed by atoms with Crippen LogP contribution in [0.4, 0.5) is 19.1 Å². The quantitative estimate of drug-likeness (QED) is 0.751. The van der Waals surface area contributed by atoms with Gasteiger partial charge < -0.3 is 14.5 Å². The largest absolute Gasteiger partial charge is 0.490 e. The lowest BCUT2D eigenvalue weighted by molar-refractivity contribution is -0.192. The number of alkyl halides is 3. The molecule has 1 unspecified atom stereocenters. The van der Waals surface area contributed by atoms with Gasteiger partial charge in [-0.1, -0.05) is 5.16 Å². The number of anilines is 1. The van der Waals surface area contributed by atoms with E-state index in [2.05, 4.69) is 24.9 Å². The zero-order valence-electron chi connectivity index (χ0n) is 18.4. The first-order chi connectivity index (χ1) is 15.0. The standard InChI is InChI=1S/C19H27N5O.C2HF3O2/c1-14-9-20-18(21-10-14)24-8-6-19(13-24)5-4-7-23(12-19)11-17-15(2)22-25-16(17)3;3-2(4,5)1(6)7/h9-10H,4-8,11-13H2,1-3H3;(H,6,7). The van der Waals surface area contributed by atoms with E-state index in [9.17, 15) is 13.2 Å². The van der Waals surface area contributed by atoms with Crippen molar-refractivity contribution >= 4 is 11.9 Å². The number of rotatable bonds is 3. The molecule has 2 aliphatic rings. The monoisotopic (exact) mass is 455 g/mol. The molecule has 11 heteroatoms. The number of piperidine rings is 1. The Morgan fingerprint density at radius 2 is 1.81 bits per heavy atom. The van der Waals surface area contributed by atoms with Gasteiger partial charge in [0, 0.05) is 49.6 Å². The molecule has 2 saturated heterocycles. The summed E-state index contributed by atoms with van der Waals surface area (Å²) in [5.41, 5.74) is 3.76. The van der Waals surface area contributed by atoms with E-state index in [1.165, 1.54) is 24.8 Å². The van der Waals surface area contributed by atoms with E-state index in [4.69, 9.17) is 14.4 Å². The van der Waals surface area contributed by atoms with Gasteiger partial charge in [-0.25, -0.2) is 14.8 Å². The molecule has 0 bridgehead atoms. The molecule has 0 aliphatic carbocycles. The van der Waals surface area contributed by atoms with Crippen LogP contribution in [0, 0.1) is 26.2 Å². The van der Waals surface area contributed by atoms with Gasteiger partial charge >= 0.3 is 12.1 Å². The van der Waals surface area contributed by atoms with Crippen LogP contribution in [0.3, 0.4) is 0 Å². The number of carbonyl (C=O) groups is 1. The third-order valence-electron chi connectivity index (χ3n) is 6.03. The summed E-state index contributed by atoms with van der Waals surface area (Å²) in [6, 6.07) is 0. The number of carboxylic acid groups (broad SMARTS) is 1. The Labute approximate surface area is 184 Å². The third kappa shape index (κ3) is 5.76. The molecule has 0 amide bonds. The maximum Gasteiger partial charge on any atom is 0.490 e. The lowest BCUT2D eigenvalue weighted by Crippen LogP contribution is -2.44. The second-order valence-corrected chi connectivity index (χ2v) is 8.65. The fourth-order valence-electron chi connectivity index (χ4n) is 4.38. The summed E-state index contributed by atoms with van der Waals surface area (Å²) in [6.45, 7) is 11.5. The van der Waals surface area contributed by atoms with Gasteiger partial charge in [-0.3, -0.25) is 4.90 Å². The van der Waals surface area contributed by atoms with E-state index in [1.807, 2.05) is 33.2 Å². The van der Waals surface area contributed by atoms with Crippen molar-refractivity contribution in [3.63, 3.8) is 0 Å². The van der Waals surface area contributed by atoms with E-state index < -0.39 is 12.1 Å². The number of nitrogens with zero attached hydrogens (tertiary/aromatic N) is 5. The number of hydrogen-bond donors (Lipinski definition) is 1. The van der Waals surface area contributed by atoms with Crippen molar-refractivity contribution in [3.8, 4) is 0 Å². The normalized spacial score (nSPS) is 21.5. The van der Waals surface area contributed by atoms with Crippen LogP contribution in [0.2, 0.25) is 0 Å². The number of aromatic nitrogens is 3. The van der Waals surface area contributed by atoms with Gasteiger partial charge in [-0.15, -0.1) is 0 Å². The predicted octanol–water partition coefficient (Wildman–Crippen LogP) is 3.52. The van der Waals surface area contributed by atoms with Crippen molar-refractivity contribution in [1.29, 1.82) is 0 Å². The van der Waals surface area contributed by atoms with E-state index in [-0.39, 0.29) is 0 Å². The van der Waals surface area contributed by atoms with Crippen LogP contribution in [-0.4, -0.2) is 63.5 Å². The molecule has 8 nitrogen and oxygen atoms in total. The Morgan fingerprint density at radius 3 is 2.38 bits per heavy atom. The maximum absolute atomic E-state index is 10.6. The molecule has 2 fully saturated rings. The minimum atomic E-state index is -5.08. The average molecular weight is 455 g/mol. The lowest BCUT2D eigenvalue weighted by atomic mass is 9.79. The molecule has 0 radical (unpaired) electrons. The molecular weight excluding hydrogens is 427 g/mol. The van der Waals surface area contributed by atoms with Gasteiger partial charge in [0.2, 0.25) is 5.95 Å². The zero-order valence-corrected chi connectivity index (χ0v) is 18.4. The van der Waals surface area contributed by atoms with Gasteiger partial charge in [0.15, 0.2) is 0 Å². The van der Waals surface area contributed by atoms with Crippen molar-refractivity contribution in [2.75, 3.05) is 31.1 Å². The Hall–Kier alpha value is -2.69. The molecule has 4 heterocycles. The Bertz CT molecular complexity index is 912. The molecule has 2 aliphatic heterocycles. The number of likely N-dealkylation sites (tertiary alicyclic amines) is 1. The first-order valence-corrected chi connectivity index (χ1v) is 10.5. The highest BCUT2D eigenvalue weighted by Gasteiger charge is 2.42. The van der Waals surface area contributed by atoms with Crippen molar-refractivity contribution in [2.24, 2.45) is 5.41 Å². The number of aliphatic carboxylic acids is 1. The average Bonchev–Trinajstić information content (AvgIpc) is 3.27. The fourth-order valence-corrected chi connectivity index (χ4v) is 4.38. The molecule has 2 aromatic heterocycles. The van der Waals surface area contributed by atoms with Crippen LogP contribution in [0.1, 0.15) is 41.8 Å². The molecule has 4 rings (SSSR count). The minimum Gasteiger partial charge on any atom is -0.475 e. The predicted molar refractivity (Wildman–Crippen MR) is 110 cm³/mol. The smallest absolute Gasteiger partial charge is 0.475 e. The molecule has 1 spiro atoms. The minimum absolute atomic E-state index is 0.367. The second kappa shape index (κ2) is 9.43. The van der Waals surface area contributed by atoms with Crippen molar-refractivity contribution < 1.29 is 27.6 Å². The van der Waals surface area contributed by atoms with Crippen molar-refractivity contribution in [1.82, 2.24) is 20.0 Å². The maximum atomic E-state index is 10.6. The Morgan fingerprint density at radius 1 is 1.16 bits per heavy atom. The Kier molecular flexibility index (Phi) is 7.06.